The topological polar surface area (TPSA) is 69.4 Å². The van der Waals surface area contributed by atoms with Gasteiger partial charge in [-0.05, 0) is 37.5 Å². The van der Waals surface area contributed by atoms with Crippen LogP contribution in [-0.2, 0) is 14.6 Å². The van der Waals surface area contributed by atoms with E-state index in [0.29, 0.717) is 12.3 Å². The van der Waals surface area contributed by atoms with Gasteiger partial charge in [0, 0.05) is 12.3 Å². The first-order valence-electron chi connectivity index (χ1n) is 5.88. The van der Waals surface area contributed by atoms with Gasteiger partial charge in [-0.15, -0.1) is 0 Å². The van der Waals surface area contributed by atoms with Crippen molar-refractivity contribution in [2.45, 2.75) is 30.3 Å². The standard InChI is InChI=1S/C12H16ClNO3S/c13-11-7-9(14)4-5-12(11)18(15,16)8-10-3-1-2-6-17-10/h4-5,7,10H,1-3,6,8,14H2. The molecule has 6 heteroatoms. The molecule has 1 aliphatic heterocycles. The molecule has 4 nitrogen and oxygen atoms in total. The quantitative estimate of drug-likeness (QED) is 0.867. The van der Waals surface area contributed by atoms with Gasteiger partial charge >= 0.3 is 0 Å². The third-order valence-corrected chi connectivity index (χ3v) is 5.23. The molecular weight excluding hydrogens is 274 g/mol. The summed E-state index contributed by atoms with van der Waals surface area (Å²) in [6.07, 6.45) is 2.57. The van der Waals surface area contributed by atoms with E-state index in [1.807, 2.05) is 0 Å². The number of sulfone groups is 1. The summed E-state index contributed by atoms with van der Waals surface area (Å²) < 4.78 is 29.9. The summed E-state index contributed by atoms with van der Waals surface area (Å²) in [5.41, 5.74) is 6.00. The summed E-state index contributed by atoms with van der Waals surface area (Å²) >= 11 is 5.93. The maximum Gasteiger partial charge on any atom is 0.182 e. The Hall–Kier alpha value is -0.780. The number of rotatable bonds is 3. The minimum Gasteiger partial charge on any atom is -0.399 e. The molecule has 2 rings (SSSR count). The number of hydrogen-bond donors (Lipinski definition) is 1. The monoisotopic (exact) mass is 289 g/mol. The molecule has 2 N–H and O–H groups in total. The Balaban J connectivity index is 2.19. The van der Waals surface area contributed by atoms with Crippen LogP contribution in [0.25, 0.3) is 0 Å². The molecule has 0 bridgehead atoms. The summed E-state index contributed by atoms with van der Waals surface area (Å²) in [5, 5.41) is 0.172. The van der Waals surface area contributed by atoms with Crippen molar-refractivity contribution in [2.24, 2.45) is 0 Å². The molecule has 1 heterocycles. The first kappa shape index (κ1) is 13.6. The predicted octanol–water partition coefficient (Wildman–Crippen LogP) is 2.27. The molecule has 0 amide bonds. The number of anilines is 1. The molecule has 1 saturated heterocycles. The largest absolute Gasteiger partial charge is 0.399 e. The average Bonchev–Trinajstić information content (AvgIpc) is 2.29. The summed E-state index contributed by atoms with van der Waals surface area (Å²) in [6, 6.07) is 4.45. The van der Waals surface area contributed by atoms with Gasteiger partial charge in [-0.3, -0.25) is 0 Å². The van der Waals surface area contributed by atoms with E-state index in [9.17, 15) is 8.42 Å². The fourth-order valence-electron chi connectivity index (χ4n) is 2.04. The van der Waals surface area contributed by atoms with Crippen molar-refractivity contribution in [2.75, 3.05) is 18.1 Å². The van der Waals surface area contributed by atoms with E-state index in [1.54, 1.807) is 6.07 Å². The van der Waals surface area contributed by atoms with E-state index < -0.39 is 9.84 Å². The molecule has 0 aliphatic carbocycles. The summed E-state index contributed by atoms with van der Waals surface area (Å²) in [6.45, 7) is 0.635. The van der Waals surface area contributed by atoms with Crippen LogP contribution in [0.5, 0.6) is 0 Å². The van der Waals surface area contributed by atoms with Crippen LogP contribution in [0.1, 0.15) is 19.3 Å². The van der Waals surface area contributed by atoms with Gasteiger partial charge in [0.15, 0.2) is 9.84 Å². The molecule has 0 spiro atoms. The maximum atomic E-state index is 12.2. The lowest BCUT2D eigenvalue weighted by atomic mass is 10.1. The Morgan fingerprint density at radius 3 is 2.78 bits per heavy atom. The van der Waals surface area contributed by atoms with Gasteiger partial charge in [-0.1, -0.05) is 11.6 Å². The highest BCUT2D eigenvalue weighted by molar-refractivity contribution is 7.91. The fourth-order valence-corrected chi connectivity index (χ4v) is 4.15. The number of ether oxygens (including phenoxy) is 1. The van der Waals surface area contributed by atoms with Crippen LogP contribution < -0.4 is 5.73 Å². The Kier molecular flexibility index (Phi) is 4.14. The van der Waals surface area contributed by atoms with Crippen molar-refractivity contribution in [3.63, 3.8) is 0 Å². The summed E-state index contributed by atoms with van der Waals surface area (Å²) in [7, 11) is -3.42. The van der Waals surface area contributed by atoms with E-state index in [-0.39, 0.29) is 21.8 Å². The van der Waals surface area contributed by atoms with E-state index >= 15 is 0 Å². The molecule has 18 heavy (non-hydrogen) atoms. The zero-order valence-electron chi connectivity index (χ0n) is 9.93. The Bertz CT molecular complexity index is 524. The first-order valence-corrected chi connectivity index (χ1v) is 7.91. The number of benzene rings is 1. The van der Waals surface area contributed by atoms with Gasteiger partial charge in [-0.25, -0.2) is 8.42 Å². The number of nitrogens with two attached hydrogens (primary N) is 1. The predicted molar refractivity (Wildman–Crippen MR) is 71.5 cm³/mol. The number of hydrogen-bond acceptors (Lipinski definition) is 4. The van der Waals surface area contributed by atoms with Gasteiger partial charge in [0.2, 0.25) is 0 Å². The normalized spacial score (nSPS) is 20.8. The first-order chi connectivity index (χ1) is 8.49. The maximum absolute atomic E-state index is 12.2. The van der Waals surface area contributed by atoms with Gasteiger partial charge < -0.3 is 10.5 Å². The zero-order chi connectivity index (χ0) is 13.2. The molecular formula is C12H16ClNO3S. The third-order valence-electron chi connectivity index (χ3n) is 2.97. The summed E-state index contributed by atoms with van der Waals surface area (Å²) in [4.78, 5) is 0.132. The van der Waals surface area contributed by atoms with Crippen molar-refractivity contribution < 1.29 is 13.2 Å². The molecule has 1 unspecified atom stereocenters. The molecule has 1 aliphatic rings. The van der Waals surface area contributed by atoms with Crippen LogP contribution in [0.3, 0.4) is 0 Å². The molecule has 100 valence electrons. The van der Waals surface area contributed by atoms with Gasteiger partial charge in [0.05, 0.1) is 21.8 Å². The number of halogens is 1. The highest BCUT2D eigenvalue weighted by Gasteiger charge is 2.25. The minimum absolute atomic E-state index is 0.0172. The fraction of sp³-hybridized carbons (Fsp3) is 0.500. The van der Waals surface area contributed by atoms with Crippen molar-refractivity contribution in [3.05, 3.63) is 23.2 Å². The van der Waals surface area contributed by atoms with E-state index in [2.05, 4.69) is 0 Å². The third kappa shape index (κ3) is 3.16. The lowest BCUT2D eigenvalue weighted by Gasteiger charge is -2.22. The van der Waals surface area contributed by atoms with Crippen LogP contribution in [0.15, 0.2) is 23.1 Å². The lowest BCUT2D eigenvalue weighted by Crippen LogP contribution is -2.27. The molecule has 1 fully saturated rings. The highest BCUT2D eigenvalue weighted by Crippen LogP contribution is 2.26. The highest BCUT2D eigenvalue weighted by atomic mass is 35.5. The van der Waals surface area contributed by atoms with E-state index in [4.69, 9.17) is 22.1 Å². The molecule has 0 radical (unpaired) electrons. The van der Waals surface area contributed by atoms with Crippen LogP contribution in [0, 0.1) is 0 Å². The number of nitrogen functional groups attached to an aromatic ring is 1. The van der Waals surface area contributed by atoms with E-state index in [1.165, 1.54) is 12.1 Å². The molecule has 1 aromatic rings. The van der Waals surface area contributed by atoms with Gasteiger partial charge in [-0.2, -0.15) is 0 Å². The second-order valence-electron chi connectivity index (χ2n) is 4.46. The Morgan fingerprint density at radius 1 is 1.39 bits per heavy atom. The smallest absolute Gasteiger partial charge is 0.182 e. The van der Waals surface area contributed by atoms with Crippen molar-refractivity contribution in [1.29, 1.82) is 0 Å². The van der Waals surface area contributed by atoms with Crippen LogP contribution in [0.2, 0.25) is 5.02 Å². The summed E-state index contributed by atoms with van der Waals surface area (Å²) in [5.74, 6) is -0.0172. The Labute approximate surface area is 112 Å². The second kappa shape index (κ2) is 5.47. The van der Waals surface area contributed by atoms with Crippen molar-refractivity contribution >= 4 is 27.1 Å². The van der Waals surface area contributed by atoms with Crippen LogP contribution >= 0.6 is 11.6 Å². The van der Waals surface area contributed by atoms with Gasteiger partial charge in [0.25, 0.3) is 0 Å². The minimum atomic E-state index is -3.42. The van der Waals surface area contributed by atoms with E-state index in [0.717, 1.165) is 19.3 Å². The van der Waals surface area contributed by atoms with Crippen LogP contribution in [0.4, 0.5) is 5.69 Å². The SMILES string of the molecule is Nc1ccc(S(=O)(=O)CC2CCCCO2)c(Cl)c1. The van der Waals surface area contributed by atoms with Crippen molar-refractivity contribution in [1.82, 2.24) is 0 Å². The molecule has 1 aromatic carbocycles. The average molecular weight is 290 g/mol. The molecule has 1 atom stereocenters. The zero-order valence-corrected chi connectivity index (χ0v) is 11.5. The Morgan fingerprint density at radius 2 is 2.17 bits per heavy atom. The molecule has 0 aromatic heterocycles. The molecule has 0 saturated carbocycles. The van der Waals surface area contributed by atoms with Crippen molar-refractivity contribution in [3.8, 4) is 0 Å². The van der Waals surface area contributed by atoms with Crippen LogP contribution in [-0.4, -0.2) is 26.9 Å². The second-order valence-corrected chi connectivity index (χ2v) is 6.87. The lowest BCUT2D eigenvalue weighted by molar-refractivity contribution is 0.0305. The van der Waals surface area contributed by atoms with Gasteiger partial charge in [0.1, 0.15) is 0 Å².